The Kier molecular flexibility index (Phi) is 7.10. The van der Waals surface area contributed by atoms with E-state index in [2.05, 4.69) is 4.99 Å². The van der Waals surface area contributed by atoms with Gasteiger partial charge in [0.25, 0.3) is 0 Å². The fourth-order valence-electron chi connectivity index (χ4n) is 2.05. The molecule has 0 saturated carbocycles. The average Bonchev–Trinajstić information content (AvgIpc) is 2.44. The highest BCUT2D eigenvalue weighted by atomic mass is 16.5. The lowest BCUT2D eigenvalue weighted by Crippen LogP contribution is -2.22. The van der Waals surface area contributed by atoms with Crippen LogP contribution in [0.15, 0.2) is 16.6 Å². The van der Waals surface area contributed by atoms with Crippen molar-refractivity contribution in [3.05, 3.63) is 11.6 Å². The van der Waals surface area contributed by atoms with Crippen LogP contribution >= 0.6 is 0 Å². The maximum absolute atomic E-state index is 12.0. The van der Waals surface area contributed by atoms with E-state index in [1.807, 2.05) is 26.0 Å². The Bertz CT molecular complexity index is 459. The number of rotatable bonds is 6. The summed E-state index contributed by atoms with van der Waals surface area (Å²) in [5, 5.41) is 18.5. The van der Waals surface area contributed by atoms with Crippen LogP contribution in [0.4, 0.5) is 0 Å². The minimum atomic E-state index is -0.846. The highest BCUT2D eigenvalue weighted by molar-refractivity contribution is 5.97. The van der Waals surface area contributed by atoms with Crippen molar-refractivity contribution < 1.29 is 14.6 Å². The number of aliphatic imine (C=N–C) groups is 1. The predicted octanol–water partition coefficient (Wildman–Crippen LogP) is 2.26. The van der Waals surface area contributed by atoms with Gasteiger partial charge in [0, 0.05) is 5.71 Å². The maximum atomic E-state index is 12.0. The molecule has 116 valence electrons. The number of hydrogen-bond donors (Lipinski definition) is 1. The van der Waals surface area contributed by atoms with Gasteiger partial charge in [-0.1, -0.05) is 13.8 Å². The summed E-state index contributed by atoms with van der Waals surface area (Å²) >= 11 is 0. The van der Waals surface area contributed by atoms with Crippen molar-refractivity contribution in [1.29, 1.82) is 5.26 Å². The number of allylic oxidation sites excluding steroid dienone is 1. The van der Waals surface area contributed by atoms with Gasteiger partial charge in [-0.25, -0.2) is 0 Å². The largest absolute Gasteiger partial charge is 0.464 e. The summed E-state index contributed by atoms with van der Waals surface area (Å²) in [7, 11) is 0. The molecule has 0 aromatic rings. The molecule has 2 unspecified atom stereocenters. The Morgan fingerprint density at radius 1 is 1.48 bits per heavy atom. The average molecular weight is 292 g/mol. The maximum Gasteiger partial charge on any atom is 0.327 e. The number of esters is 1. The van der Waals surface area contributed by atoms with E-state index in [4.69, 9.17) is 4.74 Å². The van der Waals surface area contributed by atoms with Crippen LogP contribution in [0.5, 0.6) is 0 Å². The van der Waals surface area contributed by atoms with E-state index in [-0.39, 0.29) is 5.92 Å². The van der Waals surface area contributed by atoms with Crippen LogP contribution in [0.25, 0.3) is 0 Å². The summed E-state index contributed by atoms with van der Waals surface area (Å²) < 4.78 is 5.16. The first kappa shape index (κ1) is 17.4. The second kappa shape index (κ2) is 8.58. The first-order valence-electron chi connectivity index (χ1n) is 7.42. The lowest BCUT2D eigenvalue weighted by atomic mass is 9.89. The highest BCUT2D eigenvalue weighted by Gasteiger charge is 2.26. The molecule has 0 saturated heterocycles. The molecule has 0 aromatic carbocycles. The summed E-state index contributed by atoms with van der Waals surface area (Å²) in [5.41, 5.74) is 1.61. The number of aliphatic hydroxyl groups is 1. The quantitative estimate of drug-likeness (QED) is 0.761. The van der Waals surface area contributed by atoms with E-state index in [9.17, 15) is 15.2 Å². The van der Waals surface area contributed by atoms with Crippen molar-refractivity contribution in [3.63, 3.8) is 0 Å². The molecule has 0 fully saturated rings. The van der Waals surface area contributed by atoms with Gasteiger partial charge in [-0.3, -0.25) is 9.79 Å². The molecule has 5 nitrogen and oxygen atoms in total. The van der Waals surface area contributed by atoms with Crippen LogP contribution in [0.3, 0.4) is 0 Å². The van der Waals surface area contributed by atoms with Gasteiger partial charge in [-0.05, 0) is 43.8 Å². The number of nitriles is 1. The molecule has 0 radical (unpaired) electrons. The molecule has 0 aromatic heterocycles. The third-order valence-electron chi connectivity index (χ3n) is 3.10. The van der Waals surface area contributed by atoms with Crippen molar-refractivity contribution in [2.45, 2.75) is 46.1 Å². The Balaban J connectivity index is 2.77. The molecular formula is C16H24N2O3. The molecule has 5 heteroatoms. The summed E-state index contributed by atoms with van der Waals surface area (Å²) in [6.45, 7) is 6.25. The molecule has 1 rings (SSSR count). The molecule has 1 aliphatic rings. The number of aliphatic hydroxyl groups excluding tert-OH is 1. The second-order valence-corrected chi connectivity index (χ2v) is 5.84. The normalized spacial score (nSPS) is 19.8. The van der Waals surface area contributed by atoms with Gasteiger partial charge in [0.05, 0.1) is 25.3 Å². The van der Waals surface area contributed by atoms with E-state index in [1.54, 1.807) is 6.92 Å². The third kappa shape index (κ3) is 6.09. The van der Waals surface area contributed by atoms with Gasteiger partial charge in [0.1, 0.15) is 0 Å². The lowest BCUT2D eigenvalue weighted by Gasteiger charge is -2.18. The Morgan fingerprint density at radius 2 is 2.19 bits per heavy atom. The van der Waals surface area contributed by atoms with Crippen LogP contribution in [-0.2, 0) is 9.53 Å². The lowest BCUT2D eigenvalue weighted by molar-refractivity contribution is -0.146. The monoisotopic (exact) mass is 292 g/mol. The van der Waals surface area contributed by atoms with E-state index < -0.39 is 18.0 Å². The molecule has 0 aliphatic heterocycles. The zero-order valence-electron chi connectivity index (χ0n) is 13.0. The SMILES string of the molecule is CC(C)COC(=O)C(C#N)C1=CC(=NCC(C)O)CCC1. The van der Waals surface area contributed by atoms with Gasteiger partial charge in [0.2, 0.25) is 0 Å². The van der Waals surface area contributed by atoms with Crippen LogP contribution in [0.1, 0.15) is 40.0 Å². The number of carbonyl (C=O) groups is 1. The molecular weight excluding hydrogens is 268 g/mol. The summed E-state index contributed by atoms with van der Waals surface area (Å²) in [6, 6.07) is 2.03. The van der Waals surface area contributed by atoms with Gasteiger partial charge in [0.15, 0.2) is 5.92 Å². The van der Waals surface area contributed by atoms with Crippen molar-refractivity contribution in [2.75, 3.05) is 13.2 Å². The highest BCUT2D eigenvalue weighted by Crippen LogP contribution is 2.24. The number of carbonyl (C=O) groups excluding carboxylic acids is 1. The minimum Gasteiger partial charge on any atom is -0.464 e. The Morgan fingerprint density at radius 3 is 2.76 bits per heavy atom. The smallest absolute Gasteiger partial charge is 0.327 e. The minimum absolute atomic E-state index is 0.247. The second-order valence-electron chi connectivity index (χ2n) is 5.84. The molecule has 2 atom stereocenters. The van der Waals surface area contributed by atoms with Gasteiger partial charge < -0.3 is 9.84 Å². The molecule has 21 heavy (non-hydrogen) atoms. The van der Waals surface area contributed by atoms with E-state index in [0.29, 0.717) is 19.6 Å². The van der Waals surface area contributed by atoms with Gasteiger partial charge in [-0.2, -0.15) is 5.26 Å². The molecule has 1 N–H and O–H groups in total. The zero-order chi connectivity index (χ0) is 15.8. The van der Waals surface area contributed by atoms with Gasteiger partial charge >= 0.3 is 5.97 Å². The molecule has 0 spiro atoms. The number of hydrogen-bond acceptors (Lipinski definition) is 5. The topological polar surface area (TPSA) is 82.7 Å². The molecule has 0 amide bonds. The fourth-order valence-corrected chi connectivity index (χ4v) is 2.05. The van der Waals surface area contributed by atoms with Crippen LogP contribution in [-0.4, -0.2) is 36.0 Å². The first-order chi connectivity index (χ1) is 9.93. The number of nitrogens with zero attached hydrogens (tertiary/aromatic N) is 2. The Labute approximate surface area is 126 Å². The van der Waals surface area contributed by atoms with E-state index >= 15 is 0 Å². The zero-order valence-corrected chi connectivity index (χ0v) is 13.0. The molecule has 1 aliphatic carbocycles. The van der Waals surface area contributed by atoms with Crippen molar-refractivity contribution in [2.24, 2.45) is 16.8 Å². The van der Waals surface area contributed by atoms with Crippen LogP contribution < -0.4 is 0 Å². The van der Waals surface area contributed by atoms with Crippen LogP contribution in [0, 0.1) is 23.2 Å². The van der Waals surface area contributed by atoms with Crippen molar-refractivity contribution >= 4 is 11.7 Å². The van der Waals surface area contributed by atoms with Crippen LogP contribution in [0.2, 0.25) is 0 Å². The molecule has 0 heterocycles. The Hall–Kier alpha value is -1.67. The summed E-state index contributed by atoms with van der Waals surface area (Å²) in [5.74, 6) is -1.08. The van der Waals surface area contributed by atoms with Gasteiger partial charge in [-0.15, -0.1) is 0 Å². The predicted molar refractivity (Wildman–Crippen MR) is 80.8 cm³/mol. The van der Waals surface area contributed by atoms with E-state index in [0.717, 1.165) is 24.1 Å². The van der Waals surface area contributed by atoms with Crippen molar-refractivity contribution in [3.8, 4) is 6.07 Å². The van der Waals surface area contributed by atoms with Crippen molar-refractivity contribution in [1.82, 2.24) is 0 Å². The third-order valence-corrected chi connectivity index (χ3v) is 3.10. The number of ether oxygens (including phenoxy) is 1. The summed E-state index contributed by atoms with van der Waals surface area (Å²) in [6.07, 6.45) is 3.72. The standard InChI is InChI=1S/C16H24N2O3/c1-11(2)10-21-16(20)15(8-17)13-5-4-6-14(7-13)18-9-12(3)19/h7,11-12,15,19H,4-6,9-10H2,1-3H3. The molecule has 0 bridgehead atoms. The first-order valence-corrected chi connectivity index (χ1v) is 7.42. The fraction of sp³-hybridized carbons (Fsp3) is 0.688. The van der Waals surface area contributed by atoms with E-state index in [1.165, 1.54) is 0 Å². The summed E-state index contributed by atoms with van der Waals surface area (Å²) in [4.78, 5) is 16.3.